The number of carboxylic acid groups (broad SMARTS) is 1. The molecule has 134 valence electrons. The van der Waals surface area contributed by atoms with Gasteiger partial charge >= 0.3 is 5.97 Å². The van der Waals surface area contributed by atoms with Crippen molar-refractivity contribution in [3.63, 3.8) is 0 Å². The van der Waals surface area contributed by atoms with E-state index in [9.17, 15) is 19.5 Å². The van der Waals surface area contributed by atoms with Crippen molar-refractivity contribution in [3.8, 4) is 0 Å². The highest BCUT2D eigenvalue weighted by Gasteiger charge is 2.47. The normalized spacial score (nSPS) is 25.4. The maximum atomic E-state index is 13.1. The van der Waals surface area contributed by atoms with Crippen molar-refractivity contribution < 1.29 is 19.5 Å². The first-order valence-corrected chi connectivity index (χ1v) is 8.89. The molecule has 1 heterocycles. The second-order valence-corrected chi connectivity index (χ2v) is 7.20. The number of halogens is 1. The quantitative estimate of drug-likeness (QED) is 0.862. The number of carbonyl (C=O) groups is 3. The third kappa shape index (κ3) is 3.49. The Bertz CT molecular complexity index is 721. The minimum atomic E-state index is -0.975. The number of aliphatic carboxylic acids is 1. The molecule has 0 bridgehead atoms. The minimum absolute atomic E-state index is 0.0529. The molecule has 0 radical (unpaired) electrons. The van der Waals surface area contributed by atoms with Crippen molar-refractivity contribution in [1.29, 1.82) is 0 Å². The number of hydrogen-bond donors (Lipinski definition) is 2. The van der Waals surface area contributed by atoms with E-state index in [1.54, 1.807) is 12.1 Å². The van der Waals surface area contributed by atoms with Gasteiger partial charge in [0.05, 0.1) is 10.6 Å². The second-order valence-electron chi connectivity index (χ2n) is 6.79. The average Bonchev–Trinajstić information content (AvgIpc) is 2.95. The lowest BCUT2D eigenvalue weighted by molar-refractivity contribution is -0.141. The molecule has 0 spiro atoms. The molecule has 0 aromatic heterocycles. The first-order chi connectivity index (χ1) is 11.9. The van der Waals surface area contributed by atoms with E-state index < -0.39 is 12.0 Å². The summed E-state index contributed by atoms with van der Waals surface area (Å²) in [5.41, 5.74) is 0.692. The van der Waals surface area contributed by atoms with Crippen molar-refractivity contribution in [2.75, 3.05) is 5.32 Å². The number of hydrogen-bond acceptors (Lipinski definition) is 3. The Kier molecular flexibility index (Phi) is 4.99. The van der Waals surface area contributed by atoms with Crippen LogP contribution in [0.1, 0.15) is 49.4 Å². The van der Waals surface area contributed by atoms with E-state index in [1.165, 1.54) is 17.9 Å². The Morgan fingerprint density at radius 3 is 2.64 bits per heavy atom. The smallest absolute Gasteiger partial charge is 0.326 e. The molecule has 1 aromatic rings. The largest absolute Gasteiger partial charge is 0.480 e. The van der Waals surface area contributed by atoms with Gasteiger partial charge in [0.15, 0.2) is 0 Å². The molecule has 1 aliphatic carbocycles. The zero-order chi connectivity index (χ0) is 18.1. The maximum absolute atomic E-state index is 13.1. The van der Waals surface area contributed by atoms with Gasteiger partial charge in [-0.15, -0.1) is 0 Å². The zero-order valence-corrected chi connectivity index (χ0v) is 14.8. The number of anilines is 1. The predicted molar refractivity (Wildman–Crippen MR) is 93.7 cm³/mol. The summed E-state index contributed by atoms with van der Waals surface area (Å²) in [5.74, 6) is -1.37. The van der Waals surface area contributed by atoms with Crippen molar-refractivity contribution in [2.24, 2.45) is 5.92 Å². The fraction of sp³-hybridized carbons (Fsp3) is 0.500. The van der Waals surface area contributed by atoms with Crippen LogP contribution in [0.5, 0.6) is 0 Å². The lowest BCUT2D eigenvalue weighted by Crippen LogP contribution is -2.46. The van der Waals surface area contributed by atoms with Gasteiger partial charge in [0.2, 0.25) is 5.91 Å². The van der Waals surface area contributed by atoms with Gasteiger partial charge < -0.3 is 15.3 Å². The van der Waals surface area contributed by atoms with Gasteiger partial charge in [0, 0.05) is 18.7 Å². The van der Waals surface area contributed by atoms with Crippen LogP contribution in [0, 0.1) is 5.92 Å². The fourth-order valence-corrected chi connectivity index (χ4v) is 4.28. The van der Waals surface area contributed by atoms with Gasteiger partial charge in [-0.25, -0.2) is 4.79 Å². The lowest BCUT2D eigenvalue weighted by atomic mass is 9.84. The molecular formula is C18H21ClN2O4. The Morgan fingerprint density at radius 2 is 1.96 bits per heavy atom. The van der Waals surface area contributed by atoms with E-state index in [-0.39, 0.29) is 34.4 Å². The lowest BCUT2D eigenvalue weighted by Gasteiger charge is -2.33. The highest BCUT2D eigenvalue weighted by atomic mass is 35.5. The van der Waals surface area contributed by atoms with Crippen molar-refractivity contribution in [1.82, 2.24) is 4.90 Å². The third-order valence-corrected chi connectivity index (χ3v) is 5.45. The van der Waals surface area contributed by atoms with E-state index in [1.807, 2.05) is 0 Å². The molecule has 3 unspecified atom stereocenters. The summed E-state index contributed by atoms with van der Waals surface area (Å²) in [6.07, 6.45) is 4.35. The van der Waals surface area contributed by atoms with Gasteiger partial charge in [-0.2, -0.15) is 0 Å². The Morgan fingerprint density at radius 1 is 1.24 bits per heavy atom. The highest BCUT2D eigenvalue weighted by Crippen LogP contribution is 2.41. The molecule has 3 atom stereocenters. The third-order valence-electron chi connectivity index (χ3n) is 5.12. The second kappa shape index (κ2) is 7.04. The molecule has 2 N–H and O–H groups in total. The van der Waals surface area contributed by atoms with Crippen LogP contribution in [0.15, 0.2) is 18.2 Å². The number of rotatable bonds is 3. The number of fused-ring (bicyclic) bond motifs is 1. The van der Waals surface area contributed by atoms with Crippen LogP contribution in [0.25, 0.3) is 0 Å². The number of carbonyl (C=O) groups excluding carboxylic acids is 2. The molecule has 1 aliphatic heterocycles. The van der Waals surface area contributed by atoms with E-state index in [0.29, 0.717) is 12.1 Å². The topological polar surface area (TPSA) is 86.7 Å². The molecule has 6 nitrogen and oxygen atoms in total. The van der Waals surface area contributed by atoms with Gasteiger partial charge in [-0.1, -0.05) is 24.4 Å². The summed E-state index contributed by atoms with van der Waals surface area (Å²) in [4.78, 5) is 37.6. The Balaban J connectivity index is 1.94. The number of amides is 2. The summed E-state index contributed by atoms with van der Waals surface area (Å²) in [5, 5.41) is 12.5. The van der Waals surface area contributed by atoms with E-state index in [0.717, 1.165) is 25.7 Å². The van der Waals surface area contributed by atoms with Crippen LogP contribution in [0.4, 0.5) is 5.69 Å². The Labute approximate surface area is 151 Å². The standard InChI is InChI=1S/C18H21ClN2O4/c1-10(22)20-12-6-7-14(19)13(9-12)17(23)21-15-5-3-2-4-11(15)8-16(21)18(24)25/h6-7,9,11,15-16H,2-5,8H2,1H3,(H,20,22)(H,24,25). The molecule has 25 heavy (non-hydrogen) atoms. The average molecular weight is 365 g/mol. The van der Waals surface area contributed by atoms with E-state index >= 15 is 0 Å². The molecule has 1 saturated carbocycles. The van der Waals surface area contributed by atoms with Crippen LogP contribution < -0.4 is 5.32 Å². The van der Waals surface area contributed by atoms with Crippen LogP contribution >= 0.6 is 11.6 Å². The number of likely N-dealkylation sites (tertiary alicyclic amines) is 1. The first-order valence-electron chi connectivity index (χ1n) is 8.51. The van der Waals surface area contributed by atoms with Crippen molar-refractivity contribution >= 4 is 35.1 Å². The van der Waals surface area contributed by atoms with Gasteiger partial charge in [0.1, 0.15) is 6.04 Å². The molecule has 1 aromatic carbocycles. The van der Waals surface area contributed by atoms with Crippen LogP contribution in [-0.4, -0.2) is 39.9 Å². The van der Waals surface area contributed by atoms with Gasteiger partial charge in [-0.05, 0) is 43.4 Å². The van der Waals surface area contributed by atoms with E-state index in [2.05, 4.69) is 5.32 Å². The molecule has 1 saturated heterocycles. The summed E-state index contributed by atoms with van der Waals surface area (Å²) in [6.45, 7) is 1.38. The summed E-state index contributed by atoms with van der Waals surface area (Å²) >= 11 is 6.20. The number of benzene rings is 1. The number of nitrogens with one attached hydrogen (secondary N) is 1. The first kappa shape index (κ1) is 17.7. The van der Waals surface area contributed by atoms with Crippen molar-refractivity contribution in [2.45, 2.75) is 51.1 Å². The van der Waals surface area contributed by atoms with Crippen LogP contribution in [0.3, 0.4) is 0 Å². The van der Waals surface area contributed by atoms with Gasteiger partial charge in [-0.3, -0.25) is 9.59 Å². The molecular weight excluding hydrogens is 344 g/mol. The molecule has 7 heteroatoms. The minimum Gasteiger partial charge on any atom is -0.480 e. The summed E-state index contributed by atoms with van der Waals surface area (Å²) < 4.78 is 0. The zero-order valence-electron chi connectivity index (χ0n) is 14.0. The van der Waals surface area contributed by atoms with Gasteiger partial charge in [0.25, 0.3) is 5.91 Å². The number of carboxylic acids is 1. The van der Waals surface area contributed by atoms with Crippen LogP contribution in [-0.2, 0) is 9.59 Å². The van der Waals surface area contributed by atoms with Crippen LogP contribution in [0.2, 0.25) is 5.02 Å². The monoisotopic (exact) mass is 364 g/mol. The molecule has 2 fully saturated rings. The molecule has 2 amide bonds. The molecule has 3 rings (SSSR count). The van der Waals surface area contributed by atoms with Crippen molar-refractivity contribution in [3.05, 3.63) is 28.8 Å². The fourth-order valence-electron chi connectivity index (χ4n) is 4.08. The maximum Gasteiger partial charge on any atom is 0.326 e. The number of nitrogens with zero attached hydrogens (tertiary/aromatic N) is 1. The predicted octanol–water partition coefficient (Wildman–Crippen LogP) is 3.16. The summed E-state index contributed by atoms with van der Waals surface area (Å²) in [6, 6.07) is 3.80. The highest BCUT2D eigenvalue weighted by molar-refractivity contribution is 6.34. The SMILES string of the molecule is CC(=O)Nc1ccc(Cl)c(C(=O)N2C(C(=O)O)CC3CCCCC32)c1. The Hall–Kier alpha value is -2.08. The van der Waals surface area contributed by atoms with E-state index in [4.69, 9.17) is 11.6 Å². The summed E-state index contributed by atoms with van der Waals surface area (Å²) in [7, 11) is 0. The molecule has 2 aliphatic rings.